The van der Waals surface area contributed by atoms with E-state index in [-0.39, 0.29) is 18.4 Å². The molecule has 6 nitrogen and oxygen atoms in total. The van der Waals surface area contributed by atoms with Crippen LogP contribution in [0.2, 0.25) is 5.02 Å². The topological polar surface area (TPSA) is 84.5 Å². The molecule has 2 N–H and O–H groups in total. The molecule has 0 saturated heterocycles. The first-order valence-electron chi connectivity index (χ1n) is 9.44. The fourth-order valence-corrected chi connectivity index (χ4v) is 3.35. The molecule has 0 aromatic heterocycles. The van der Waals surface area contributed by atoms with Gasteiger partial charge in [-0.25, -0.2) is 4.79 Å². The van der Waals surface area contributed by atoms with E-state index in [1.807, 2.05) is 12.1 Å². The predicted octanol–water partition coefficient (Wildman–Crippen LogP) is 3.82. The Morgan fingerprint density at radius 1 is 1.10 bits per heavy atom. The molecule has 152 valence electrons. The van der Waals surface area contributed by atoms with Crippen molar-refractivity contribution in [2.75, 3.05) is 12.4 Å². The van der Waals surface area contributed by atoms with Crippen molar-refractivity contribution in [3.8, 4) is 0 Å². The van der Waals surface area contributed by atoms with E-state index in [0.717, 1.165) is 18.4 Å². The van der Waals surface area contributed by atoms with Crippen LogP contribution >= 0.6 is 11.6 Å². The first kappa shape index (κ1) is 20.9. The van der Waals surface area contributed by atoms with E-state index in [1.54, 1.807) is 37.3 Å². The number of methoxy groups -OCH3 is 1. The molecule has 1 aliphatic carbocycles. The standard InChI is InChI=1S/C22H23ClN2O4/c1-3-19(26)24-13-14-10-15(20(27)29-2)12-18(11-14)25-21(28)22(8-9-22)16-4-6-17(23)7-5-16/h4-7,10-12H,3,8-9,13H2,1-2H3,(H,24,26)(H,25,28). The zero-order valence-corrected chi connectivity index (χ0v) is 17.1. The number of amides is 2. The van der Waals surface area contributed by atoms with Gasteiger partial charge in [0, 0.05) is 23.7 Å². The Morgan fingerprint density at radius 2 is 1.79 bits per heavy atom. The van der Waals surface area contributed by atoms with Crippen molar-refractivity contribution >= 4 is 35.1 Å². The van der Waals surface area contributed by atoms with Gasteiger partial charge in [0.05, 0.1) is 18.1 Å². The molecule has 2 aromatic carbocycles. The molecule has 2 aromatic rings. The lowest BCUT2D eigenvalue weighted by Gasteiger charge is -2.17. The lowest BCUT2D eigenvalue weighted by atomic mass is 9.95. The summed E-state index contributed by atoms with van der Waals surface area (Å²) < 4.78 is 4.81. The number of carbonyl (C=O) groups is 3. The van der Waals surface area contributed by atoms with Crippen LogP contribution in [-0.2, 0) is 26.3 Å². The Balaban J connectivity index is 1.83. The molecule has 0 aliphatic heterocycles. The van der Waals surface area contributed by atoms with Gasteiger partial charge in [-0.1, -0.05) is 30.7 Å². The highest BCUT2D eigenvalue weighted by Crippen LogP contribution is 2.49. The SMILES string of the molecule is CCC(=O)NCc1cc(NC(=O)C2(c3ccc(Cl)cc3)CC2)cc(C(=O)OC)c1. The van der Waals surface area contributed by atoms with Crippen LogP contribution in [0.25, 0.3) is 0 Å². The van der Waals surface area contributed by atoms with Gasteiger partial charge >= 0.3 is 5.97 Å². The molecule has 1 fully saturated rings. The van der Waals surface area contributed by atoms with Crippen LogP contribution in [-0.4, -0.2) is 24.9 Å². The average molecular weight is 415 g/mol. The molecule has 0 heterocycles. The number of hydrogen-bond donors (Lipinski definition) is 2. The molecular formula is C22H23ClN2O4. The number of nitrogens with one attached hydrogen (secondary N) is 2. The first-order valence-corrected chi connectivity index (χ1v) is 9.82. The number of anilines is 1. The molecule has 1 aliphatic rings. The van der Waals surface area contributed by atoms with E-state index < -0.39 is 11.4 Å². The average Bonchev–Trinajstić information content (AvgIpc) is 3.53. The molecular weight excluding hydrogens is 392 g/mol. The minimum Gasteiger partial charge on any atom is -0.465 e. The van der Waals surface area contributed by atoms with E-state index in [2.05, 4.69) is 10.6 Å². The summed E-state index contributed by atoms with van der Waals surface area (Å²) in [6, 6.07) is 12.2. The maximum absolute atomic E-state index is 13.0. The third kappa shape index (κ3) is 4.77. The van der Waals surface area contributed by atoms with Gasteiger partial charge in [-0.3, -0.25) is 9.59 Å². The number of esters is 1. The van der Waals surface area contributed by atoms with Gasteiger partial charge in [0.15, 0.2) is 0 Å². The van der Waals surface area contributed by atoms with E-state index >= 15 is 0 Å². The van der Waals surface area contributed by atoms with Crippen LogP contribution in [0.3, 0.4) is 0 Å². The highest BCUT2D eigenvalue weighted by Gasteiger charge is 2.51. The second-order valence-corrected chi connectivity index (χ2v) is 7.52. The van der Waals surface area contributed by atoms with Gasteiger partial charge < -0.3 is 15.4 Å². The van der Waals surface area contributed by atoms with Gasteiger partial charge in [-0.05, 0) is 54.3 Å². The van der Waals surface area contributed by atoms with Crippen molar-refractivity contribution in [1.82, 2.24) is 5.32 Å². The smallest absolute Gasteiger partial charge is 0.337 e. The van der Waals surface area contributed by atoms with Crippen LogP contribution in [0.1, 0.15) is 47.7 Å². The fraction of sp³-hybridized carbons (Fsp3) is 0.318. The minimum absolute atomic E-state index is 0.0984. The second-order valence-electron chi connectivity index (χ2n) is 7.08. The van der Waals surface area contributed by atoms with Crippen LogP contribution in [0, 0.1) is 0 Å². The zero-order chi connectivity index (χ0) is 21.0. The van der Waals surface area contributed by atoms with E-state index in [0.29, 0.717) is 28.3 Å². The summed E-state index contributed by atoms with van der Waals surface area (Å²) in [7, 11) is 1.30. The molecule has 3 rings (SSSR count). The highest BCUT2D eigenvalue weighted by atomic mass is 35.5. The van der Waals surface area contributed by atoms with Crippen LogP contribution in [0.4, 0.5) is 5.69 Å². The monoisotopic (exact) mass is 414 g/mol. The number of rotatable bonds is 7. The lowest BCUT2D eigenvalue weighted by molar-refractivity contribution is -0.121. The van der Waals surface area contributed by atoms with Gasteiger partial charge in [0.1, 0.15) is 0 Å². The summed E-state index contributed by atoms with van der Waals surface area (Å²) >= 11 is 5.96. The summed E-state index contributed by atoms with van der Waals surface area (Å²) in [6.45, 7) is 2.01. The molecule has 2 amide bonds. The molecule has 0 atom stereocenters. The highest BCUT2D eigenvalue weighted by molar-refractivity contribution is 6.30. The van der Waals surface area contributed by atoms with Crippen molar-refractivity contribution < 1.29 is 19.1 Å². The Hall–Kier alpha value is -2.86. The molecule has 0 spiro atoms. The Labute approximate surface area is 174 Å². The van der Waals surface area contributed by atoms with Crippen LogP contribution in [0.15, 0.2) is 42.5 Å². The predicted molar refractivity (Wildman–Crippen MR) is 111 cm³/mol. The number of ether oxygens (including phenoxy) is 1. The third-order valence-corrected chi connectivity index (χ3v) is 5.32. The van der Waals surface area contributed by atoms with Gasteiger partial charge in [-0.15, -0.1) is 0 Å². The molecule has 29 heavy (non-hydrogen) atoms. The molecule has 0 bridgehead atoms. The van der Waals surface area contributed by atoms with E-state index in [9.17, 15) is 14.4 Å². The summed E-state index contributed by atoms with van der Waals surface area (Å²) in [5.41, 5.74) is 1.82. The fourth-order valence-electron chi connectivity index (χ4n) is 3.22. The Kier molecular flexibility index (Phi) is 6.23. The maximum atomic E-state index is 13.0. The van der Waals surface area contributed by atoms with Crippen molar-refractivity contribution in [1.29, 1.82) is 0 Å². The van der Waals surface area contributed by atoms with Gasteiger partial charge in [0.2, 0.25) is 11.8 Å². The maximum Gasteiger partial charge on any atom is 0.337 e. The van der Waals surface area contributed by atoms with Crippen molar-refractivity contribution in [2.45, 2.75) is 38.1 Å². The molecule has 0 radical (unpaired) electrons. The van der Waals surface area contributed by atoms with Gasteiger partial charge in [-0.2, -0.15) is 0 Å². The zero-order valence-electron chi connectivity index (χ0n) is 16.4. The number of benzene rings is 2. The number of hydrogen-bond acceptors (Lipinski definition) is 4. The Morgan fingerprint density at radius 3 is 2.38 bits per heavy atom. The minimum atomic E-state index is -0.581. The van der Waals surface area contributed by atoms with Crippen molar-refractivity contribution in [3.05, 3.63) is 64.2 Å². The lowest BCUT2D eigenvalue weighted by Crippen LogP contribution is -2.28. The second kappa shape index (κ2) is 8.66. The van der Waals surface area contributed by atoms with Crippen LogP contribution in [0.5, 0.6) is 0 Å². The summed E-state index contributed by atoms with van der Waals surface area (Å²) in [5.74, 6) is -0.743. The van der Waals surface area contributed by atoms with Crippen molar-refractivity contribution in [3.63, 3.8) is 0 Å². The normalized spacial score (nSPS) is 14.0. The van der Waals surface area contributed by atoms with E-state index in [1.165, 1.54) is 7.11 Å². The summed E-state index contributed by atoms with van der Waals surface area (Å²) in [5, 5.41) is 6.32. The third-order valence-electron chi connectivity index (χ3n) is 5.06. The molecule has 7 heteroatoms. The summed E-state index contributed by atoms with van der Waals surface area (Å²) in [4.78, 5) is 36.6. The molecule has 0 unspecified atom stereocenters. The summed E-state index contributed by atoms with van der Waals surface area (Å²) in [6.07, 6.45) is 1.86. The number of carbonyl (C=O) groups excluding carboxylic acids is 3. The van der Waals surface area contributed by atoms with Gasteiger partial charge in [0.25, 0.3) is 0 Å². The Bertz CT molecular complexity index is 936. The quantitative estimate of drug-likeness (QED) is 0.674. The number of halogens is 1. The largest absolute Gasteiger partial charge is 0.465 e. The first-order chi connectivity index (χ1) is 13.9. The van der Waals surface area contributed by atoms with Crippen molar-refractivity contribution in [2.24, 2.45) is 0 Å². The molecule has 1 saturated carbocycles. The van der Waals surface area contributed by atoms with Crippen LogP contribution < -0.4 is 10.6 Å². The van der Waals surface area contributed by atoms with E-state index in [4.69, 9.17) is 16.3 Å².